The zero-order chi connectivity index (χ0) is 21.7. The Balaban J connectivity index is 1.22. The van der Waals surface area contributed by atoms with Crippen molar-refractivity contribution in [3.05, 3.63) is 60.2 Å². The van der Waals surface area contributed by atoms with E-state index >= 15 is 0 Å². The molecule has 8 rings (SSSR count). The molecule has 1 amide bonds. The number of hydrogen-bond acceptors (Lipinski definition) is 1. The minimum atomic E-state index is -0.233. The van der Waals surface area contributed by atoms with Gasteiger partial charge in [-0.15, -0.1) is 0 Å². The summed E-state index contributed by atoms with van der Waals surface area (Å²) in [5, 5.41) is 0. The molecule has 1 saturated heterocycles. The Morgan fingerprint density at radius 3 is 1.88 bits per heavy atom. The maximum atomic E-state index is 13.6. The van der Waals surface area contributed by atoms with Crippen molar-refractivity contribution in [2.45, 2.75) is 76.3 Å². The number of rotatable bonds is 4. The number of nitrogens with zero attached hydrogens (tertiary/aromatic N) is 1. The number of β-lactam (4-membered cyclic amide) rings is 1. The minimum absolute atomic E-state index is 0.168. The Bertz CT molecular complexity index is 1020. The van der Waals surface area contributed by atoms with Crippen molar-refractivity contribution in [1.82, 2.24) is 4.90 Å². The van der Waals surface area contributed by atoms with Crippen molar-refractivity contribution in [3.63, 3.8) is 0 Å². The van der Waals surface area contributed by atoms with E-state index in [0.29, 0.717) is 18.0 Å². The summed E-state index contributed by atoms with van der Waals surface area (Å²) in [5.41, 5.74) is 3.95. The van der Waals surface area contributed by atoms with Gasteiger partial charge in [0.25, 0.3) is 0 Å². The van der Waals surface area contributed by atoms with Crippen molar-refractivity contribution in [3.8, 4) is 11.1 Å². The molecule has 0 N–H and O–H groups in total. The molecule has 0 spiro atoms. The molecule has 2 nitrogen and oxygen atoms in total. The number of benzene rings is 2. The third-order valence-electron chi connectivity index (χ3n) is 10.1. The highest BCUT2D eigenvalue weighted by Crippen LogP contribution is 2.65. The lowest BCUT2D eigenvalue weighted by molar-refractivity contribution is -0.195. The molecule has 0 radical (unpaired) electrons. The van der Waals surface area contributed by atoms with Crippen LogP contribution in [0.1, 0.15) is 64.4 Å². The van der Waals surface area contributed by atoms with Crippen molar-refractivity contribution < 1.29 is 4.79 Å². The molecule has 2 aromatic rings. The molecule has 1 heterocycles. The van der Waals surface area contributed by atoms with Gasteiger partial charge in [-0.1, -0.05) is 54.6 Å². The summed E-state index contributed by atoms with van der Waals surface area (Å²) < 4.78 is 0. The highest BCUT2D eigenvalue weighted by molar-refractivity contribution is 5.91. The summed E-state index contributed by atoms with van der Waals surface area (Å²) in [7, 11) is 0. The van der Waals surface area contributed by atoms with Gasteiger partial charge in [0.2, 0.25) is 5.91 Å². The fourth-order valence-corrected chi connectivity index (χ4v) is 8.94. The van der Waals surface area contributed by atoms with E-state index in [2.05, 4.69) is 73.3 Å². The topological polar surface area (TPSA) is 20.3 Å². The normalized spacial score (nSPS) is 37.9. The molecule has 1 unspecified atom stereocenters. The van der Waals surface area contributed by atoms with Crippen molar-refractivity contribution in [2.75, 3.05) is 0 Å². The van der Waals surface area contributed by atoms with Gasteiger partial charge in [-0.05, 0) is 99.2 Å². The molecule has 6 aliphatic rings. The molecule has 32 heavy (non-hydrogen) atoms. The lowest BCUT2D eigenvalue weighted by atomic mass is 9.52. The fourth-order valence-electron chi connectivity index (χ4n) is 8.94. The van der Waals surface area contributed by atoms with Crippen LogP contribution < -0.4 is 0 Å². The summed E-state index contributed by atoms with van der Waals surface area (Å²) in [6.07, 6.45) is 9.45. The first-order chi connectivity index (χ1) is 15.5. The summed E-state index contributed by atoms with van der Waals surface area (Å²) in [6, 6.07) is 20.9. The Labute approximate surface area is 192 Å². The van der Waals surface area contributed by atoms with Gasteiger partial charge in [-0.25, -0.2) is 0 Å². The van der Waals surface area contributed by atoms with Gasteiger partial charge in [0.1, 0.15) is 0 Å². The predicted molar refractivity (Wildman–Crippen MR) is 128 cm³/mol. The van der Waals surface area contributed by atoms with Crippen LogP contribution in [0.25, 0.3) is 11.1 Å². The standard InChI is InChI=1S/C30H35NO/c1-29(2)27(31(28(29)32)26-23-15-19-14-20(17-23)18-24(26)16-19)30(12-13-30)25-10-8-22(9-11-25)21-6-4-3-5-7-21/h3-11,19-20,23-24,26-27H,12-18H2,1-2H3. The maximum absolute atomic E-state index is 13.6. The zero-order valence-electron chi connectivity index (χ0n) is 19.5. The van der Waals surface area contributed by atoms with Gasteiger partial charge in [0.15, 0.2) is 0 Å². The molecule has 2 heteroatoms. The molecule has 5 saturated carbocycles. The third-order valence-corrected chi connectivity index (χ3v) is 10.1. The maximum Gasteiger partial charge on any atom is 0.230 e. The lowest BCUT2D eigenvalue weighted by Gasteiger charge is -2.66. The first-order valence-electron chi connectivity index (χ1n) is 13.0. The highest BCUT2D eigenvalue weighted by Gasteiger charge is 2.70. The number of hydrogen-bond donors (Lipinski definition) is 0. The number of likely N-dealkylation sites (tertiary alicyclic amines) is 1. The molecule has 1 atom stereocenters. The van der Waals surface area contributed by atoms with Crippen LogP contribution in [0.3, 0.4) is 0 Å². The second kappa shape index (κ2) is 6.49. The molecular formula is C30H35NO. The molecule has 4 bridgehead atoms. The number of carbonyl (C=O) groups is 1. The second-order valence-electron chi connectivity index (χ2n) is 12.4. The van der Waals surface area contributed by atoms with Gasteiger partial charge in [-0.2, -0.15) is 0 Å². The zero-order valence-corrected chi connectivity index (χ0v) is 19.5. The van der Waals surface area contributed by atoms with Crippen LogP contribution in [-0.2, 0) is 10.2 Å². The number of amides is 1. The molecule has 0 aromatic heterocycles. The second-order valence-corrected chi connectivity index (χ2v) is 12.4. The van der Waals surface area contributed by atoms with Crippen molar-refractivity contribution >= 4 is 5.91 Å². The first-order valence-corrected chi connectivity index (χ1v) is 13.0. The fraction of sp³-hybridized carbons (Fsp3) is 0.567. The summed E-state index contributed by atoms with van der Waals surface area (Å²) in [6.45, 7) is 4.45. The van der Waals surface area contributed by atoms with Crippen molar-refractivity contribution in [2.24, 2.45) is 29.1 Å². The van der Waals surface area contributed by atoms with Crippen LogP contribution >= 0.6 is 0 Å². The minimum Gasteiger partial charge on any atom is -0.334 e. The largest absolute Gasteiger partial charge is 0.334 e. The summed E-state index contributed by atoms with van der Waals surface area (Å²) in [5.74, 6) is 3.89. The smallest absolute Gasteiger partial charge is 0.230 e. The van der Waals surface area contributed by atoms with E-state index in [1.54, 1.807) is 0 Å². The Morgan fingerprint density at radius 1 is 0.750 bits per heavy atom. The third kappa shape index (κ3) is 2.56. The van der Waals surface area contributed by atoms with Gasteiger partial charge in [0.05, 0.1) is 11.5 Å². The van der Waals surface area contributed by atoms with E-state index in [9.17, 15) is 4.79 Å². The molecule has 6 fully saturated rings. The van der Waals surface area contributed by atoms with Gasteiger partial charge in [0, 0.05) is 11.5 Å². The highest BCUT2D eigenvalue weighted by atomic mass is 16.2. The van der Waals surface area contributed by atoms with Crippen LogP contribution in [0.4, 0.5) is 0 Å². The lowest BCUT2D eigenvalue weighted by Crippen LogP contribution is -2.76. The average molecular weight is 426 g/mol. The van der Waals surface area contributed by atoms with Crippen LogP contribution in [0.5, 0.6) is 0 Å². The van der Waals surface area contributed by atoms with Crippen LogP contribution in [-0.4, -0.2) is 22.9 Å². The summed E-state index contributed by atoms with van der Waals surface area (Å²) in [4.78, 5) is 16.1. The van der Waals surface area contributed by atoms with E-state index in [-0.39, 0.29) is 10.8 Å². The van der Waals surface area contributed by atoms with E-state index in [1.165, 1.54) is 61.6 Å². The van der Waals surface area contributed by atoms with Gasteiger partial charge < -0.3 is 4.90 Å². The van der Waals surface area contributed by atoms with Crippen LogP contribution in [0, 0.1) is 29.1 Å². The van der Waals surface area contributed by atoms with Crippen LogP contribution in [0.15, 0.2) is 54.6 Å². The Kier molecular flexibility index (Phi) is 3.93. The molecule has 2 aromatic carbocycles. The summed E-state index contributed by atoms with van der Waals surface area (Å²) >= 11 is 0. The van der Waals surface area contributed by atoms with Gasteiger partial charge >= 0.3 is 0 Å². The molecular weight excluding hydrogens is 390 g/mol. The van der Waals surface area contributed by atoms with Crippen LogP contribution in [0.2, 0.25) is 0 Å². The van der Waals surface area contributed by atoms with E-state index in [0.717, 1.165) is 23.7 Å². The molecule has 1 aliphatic heterocycles. The van der Waals surface area contributed by atoms with E-state index < -0.39 is 0 Å². The first kappa shape index (κ1) is 19.4. The average Bonchev–Trinajstić information content (AvgIpc) is 3.59. The van der Waals surface area contributed by atoms with E-state index in [4.69, 9.17) is 0 Å². The number of carbonyl (C=O) groups excluding carboxylic acids is 1. The monoisotopic (exact) mass is 425 g/mol. The van der Waals surface area contributed by atoms with Crippen molar-refractivity contribution in [1.29, 1.82) is 0 Å². The predicted octanol–water partition coefficient (Wildman–Crippen LogP) is 6.45. The van der Waals surface area contributed by atoms with Gasteiger partial charge in [-0.3, -0.25) is 4.79 Å². The molecule has 166 valence electrons. The Hall–Kier alpha value is -2.09. The SMILES string of the molecule is CC1(C)C(=O)N(C2C3CC4CC(C3)CC2C4)C1C1(c2ccc(-c3ccccc3)cc2)CC1. The van der Waals surface area contributed by atoms with E-state index in [1.807, 2.05) is 0 Å². The Morgan fingerprint density at radius 2 is 1.31 bits per heavy atom. The molecule has 5 aliphatic carbocycles. The quantitative estimate of drug-likeness (QED) is 0.516.